The number of benzene rings is 2. The number of hydrogen-bond acceptors (Lipinski definition) is 5. The molecule has 0 saturated heterocycles. The van der Waals surface area contributed by atoms with Crippen LogP contribution in [0.4, 0.5) is 0 Å². The van der Waals surface area contributed by atoms with Gasteiger partial charge in [-0.25, -0.2) is 9.97 Å². The van der Waals surface area contributed by atoms with Crippen LogP contribution in [-0.2, 0) is 0 Å². The van der Waals surface area contributed by atoms with E-state index in [1.807, 2.05) is 52.0 Å². The standard InChI is InChI=1S/C22H22N4O3.ClH/c1-10-5-14-15(6-11(10)2)24-21(23-14)19(28)9-18(27)20(29)22-25-16-7-12(3)13(4)8-17(16)26-22;/h5-8,18,27H,9H2,1-4H3,(H,23,24)(H,25,26);1H. The van der Waals surface area contributed by atoms with Crippen molar-refractivity contribution in [2.45, 2.75) is 40.2 Å². The average molecular weight is 427 g/mol. The molecule has 4 aromatic rings. The lowest BCUT2D eigenvalue weighted by molar-refractivity contribution is 0.0670. The predicted octanol–water partition coefficient (Wildman–Crippen LogP) is 3.91. The Bertz CT molecular complexity index is 1210. The van der Waals surface area contributed by atoms with Crippen LogP contribution in [0.2, 0.25) is 0 Å². The second-order valence-electron chi connectivity index (χ2n) is 7.59. The summed E-state index contributed by atoms with van der Waals surface area (Å²) in [4.78, 5) is 39.6. The fourth-order valence-electron chi connectivity index (χ4n) is 3.31. The minimum absolute atomic E-state index is 0. The van der Waals surface area contributed by atoms with E-state index in [4.69, 9.17) is 0 Å². The van der Waals surface area contributed by atoms with E-state index < -0.39 is 17.7 Å². The summed E-state index contributed by atoms with van der Waals surface area (Å²) in [6.45, 7) is 7.90. The number of nitrogens with one attached hydrogen (secondary N) is 2. The van der Waals surface area contributed by atoms with Crippen molar-refractivity contribution in [3.63, 3.8) is 0 Å². The van der Waals surface area contributed by atoms with Gasteiger partial charge in [0.25, 0.3) is 0 Å². The molecule has 0 spiro atoms. The van der Waals surface area contributed by atoms with Gasteiger partial charge in [-0.05, 0) is 74.2 Å². The molecule has 3 N–H and O–H groups in total. The van der Waals surface area contributed by atoms with Crippen LogP contribution in [0.5, 0.6) is 0 Å². The summed E-state index contributed by atoms with van der Waals surface area (Å²) in [7, 11) is 0. The van der Waals surface area contributed by atoms with Crippen molar-refractivity contribution in [1.82, 2.24) is 19.9 Å². The molecule has 156 valence electrons. The number of ketones is 2. The van der Waals surface area contributed by atoms with Crippen molar-refractivity contribution in [2.75, 3.05) is 0 Å². The van der Waals surface area contributed by atoms with Crippen LogP contribution in [0.15, 0.2) is 24.3 Å². The molecule has 0 bridgehead atoms. The zero-order valence-corrected chi connectivity index (χ0v) is 18.0. The van der Waals surface area contributed by atoms with Gasteiger partial charge in [0.05, 0.1) is 22.1 Å². The Hall–Kier alpha value is -3.03. The van der Waals surface area contributed by atoms with Gasteiger partial charge < -0.3 is 15.1 Å². The first-order valence-electron chi connectivity index (χ1n) is 9.42. The molecule has 1 unspecified atom stereocenters. The summed E-state index contributed by atoms with van der Waals surface area (Å²) in [5.41, 5.74) is 7.11. The van der Waals surface area contributed by atoms with Crippen LogP contribution in [-0.4, -0.2) is 42.7 Å². The largest absolute Gasteiger partial charge is 0.384 e. The number of carbonyl (C=O) groups is 2. The highest BCUT2D eigenvalue weighted by Gasteiger charge is 2.25. The van der Waals surface area contributed by atoms with Gasteiger partial charge in [-0.15, -0.1) is 12.4 Å². The molecular weight excluding hydrogens is 404 g/mol. The van der Waals surface area contributed by atoms with Gasteiger partial charge in [0.2, 0.25) is 11.6 Å². The van der Waals surface area contributed by atoms with Gasteiger partial charge in [0.1, 0.15) is 6.10 Å². The molecule has 7 nitrogen and oxygen atoms in total. The number of carbonyl (C=O) groups excluding carboxylic acids is 2. The van der Waals surface area contributed by atoms with E-state index in [0.29, 0.717) is 11.0 Å². The van der Waals surface area contributed by atoms with E-state index in [1.165, 1.54) is 0 Å². The van der Waals surface area contributed by atoms with E-state index >= 15 is 0 Å². The van der Waals surface area contributed by atoms with Crippen molar-refractivity contribution < 1.29 is 14.7 Å². The van der Waals surface area contributed by atoms with Crippen molar-refractivity contribution >= 4 is 46.0 Å². The summed E-state index contributed by atoms with van der Waals surface area (Å²) in [5.74, 6) is -0.873. The fraction of sp³-hybridized carbons (Fsp3) is 0.273. The Labute approximate surface area is 179 Å². The topological polar surface area (TPSA) is 112 Å². The fourth-order valence-corrected chi connectivity index (χ4v) is 3.31. The second kappa shape index (κ2) is 8.01. The lowest BCUT2D eigenvalue weighted by atomic mass is 10.1. The number of imidazole rings is 2. The number of H-pyrrole nitrogens is 2. The lowest BCUT2D eigenvalue weighted by Gasteiger charge is -2.05. The summed E-state index contributed by atoms with van der Waals surface area (Å²) < 4.78 is 0. The first-order valence-corrected chi connectivity index (χ1v) is 9.42. The molecule has 0 radical (unpaired) electrons. The molecule has 0 amide bonds. The second-order valence-corrected chi connectivity index (χ2v) is 7.59. The lowest BCUT2D eigenvalue weighted by Crippen LogP contribution is -2.25. The number of halogens is 1. The van der Waals surface area contributed by atoms with Crippen molar-refractivity contribution in [2.24, 2.45) is 0 Å². The molecule has 2 aromatic heterocycles. The van der Waals surface area contributed by atoms with E-state index in [9.17, 15) is 14.7 Å². The molecule has 8 heteroatoms. The Balaban J connectivity index is 0.00000256. The minimum atomic E-state index is -1.50. The Morgan fingerprint density at radius 2 is 1.27 bits per heavy atom. The smallest absolute Gasteiger partial charge is 0.226 e. The predicted molar refractivity (Wildman–Crippen MR) is 118 cm³/mol. The molecular formula is C22H23ClN4O3. The number of rotatable bonds is 5. The molecule has 0 aliphatic carbocycles. The Morgan fingerprint density at radius 1 is 0.833 bits per heavy atom. The number of Topliss-reactive ketones (excluding diaryl/α,β-unsaturated/α-hetero) is 2. The van der Waals surface area contributed by atoms with E-state index in [0.717, 1.165) is 33.3 Å². The molecule has 4 rings (SSSR count). The van der Waals surface area contributed by atoms with Crippen molar-refractivity contribution in [1.29, 1.82) is 0 Å². The highest BCUT2D eigenvalue weighted by atomic mass is 35.5. The quantitative estimate of drug-likeness (QED) is 0.419. The number of hydrogen-bond donors (Lipinski definition) is 3. The summed E-state index contributed by atoms with van der Waals surface area (Å²) in [6.07, 6.45) is -1.87. The SMILES string of the molecule is Cc1cc2nc(C(=O)CC(O)C(=O)c3nc4cc(C)c(C)cc4[nH]3)[nH]c2cc1C.Cl. The van der Waals surface area contributed by atoms with Crippen molar-refractivity contribution in [3.05, 3.63) is 58.2 Å². The monoisotopic (exact) mass is 426 g/mol. The van der Waals surface area contributed by atoms with E-state index in [-0.39, 0.29) is 30.5 Å². The van der Waals surface area contributed by atoms with Gasteiger partial charge in [-0.1, -0.05) is 0 Å². The van der Waals surface area contributed by atoms with Gasteiger partial charge in [-0.3, -0.25) is 9.59 Å². The maximum atomic E-state index is 12.6. The molecule has 0 aliphatic rings. The van der Waals surface area contributed by atoms with Crippen LogP contribution < -0.4 is 0 Å². The Kier molecular flexibility index (Phi) is 5.78. The molecule has 2 aromatic carbocycles. The minimum Gasteiger partial charge on any atom is -0.384 e. The number of aromatic nitrogens is 4. The third-order valence-electron chi connectivity index (χ3n) is 5.37. The molecule has 30 heavy (non-hydrogen) atoms. The van der Waals surface area contributed by atoms with Gasteiger partial charge >= 0.3 is 0 Å². The molecule has 2 heterocycles. The van der Waals surface area contributed by atoms with Crippen LogP contribution in [0.3, 0.4) is 0 Å². The number of aliphatic hydroxyl groups is 1. The van der Waals surface area contributed by atoms with Gasteiger partial charge in [0, 0.05) is 6.42 Å². The number of aliphatic hydroxyl groups excluding tert-OH is 1. The van der Waals surface area contributed by atoms with Crippen LogP contribution >= 0.6 is 12.4 Å². The molecule has 0 fully saturated rings. The third kappa shape index (κ3) is 3.86. The molecule has 0 saturated carbocycles. The first-order chi connectivity index (χ1) is 13.7. The number of fused-ring (bicyclic) bond motifs is 2. The number of aromatic amines is 2. The van der Waals surface area contributed by atoms with Crippen LogP contribution in [0.25, 0.3) is 22.1 Å². The molecule has 0 aliphatic heterocycles. The number of aryl methyl sites for hydroxylation is 4. The van der Waals surface area contributed by atoms with Crippen molar-refractivity contribution in [3.8, 4) is 0 Å². The third-order valence-corrected chi connectivity index (χ3v) is 5.37. The summed E-state index contributed by atoms with van der Waals surface area (Å²) in [5, 5.41) is 10.3. The highest BCUT2D eigenvalue weighted by molar-refractivity contribution is 6.04. The van der Waals surface area contributed by atoms with Gasteiger partial charge in [0.15, 0.2) is 11.6 Å². The van der Waals surface area contributed by atoms with E-state index in [2.05, 4.69) is 19.9 Å². The highest BCUT2D eigenvalue weighted by Crippen LogP contribution is 2.20. The Morgan fingerprint density at radius 3 is 1.80 bits per heavy atom. The summed E-state index contributed by atoms with van der Waals surface area (Å²) >= 11 is 0. The van der Waals surface area contributed by atoms with Gasteiger partial charge in [-0.2, -0.15) is 0 Å². The zero-order valence-electron chi connectivity index (χ0n) is 17.2. The first kappa shape index (κ1) is 21.7. The van der Waals surface area contributed by atoms with E-state index in [1.54, 1.807) is 0 Å². The normalized spacial score (nSPS) is 12.2. The van der Waals surface area contributed by atoms with Crippen LogP contribution in [0.1, 0.15) is 49.9 Å². The molecule has 1 atom stereocenters. The average Bonchev–Trinajstić information content (AvgIpc) is 3.25. The maximum Gasteiger partial charge on any atom is 0.226 e. The summed E-state index contributed by atoms with van der Waals surface area (Å²) in [6, 6.07) is 7.62. The van der Waals surface area contributed by atoms with Crippen LogP contribution in [0, 0.1) is 27.7 Å². The number of nitrogens with zero attached hydrogens (tertiary/aromatic N) is 2. The zero-order chi connectivity index (χ0) is 20.9. The maximum absolute atomic E-state index is 12.6.